The van der Waals surface area contributed by atoms with Crippen LogP contribution < -0.4 is 4.57 Å². The predicted molar refractivity (Wildman–Crippen MR) is 47.7 cm³/mol. The van der Waals surface area contributed by atoms with Crippen molar-refractivity contribution < 1.29 is 9.67 Å². The second-order valence-electron chi connectivity index (χ2n) is 2.86. The Labute approximate surface area is 73.5 Å². The molecule has 1 aromatic rings. The summed E-state index contributed by atoms with van der Waals surface area (Å²) in [6.07, 6.45) is 4.25. The quantitative estimate of drug-likeness (QED) is 0.661. The average molecular weight is 166 g/mol. The van der Waals surface area contributed by atoms with Crippen molar-refractivity contribution in [2.45, 2.75) is 26.3 Å². The molecule has 0 aliphatic rings. The second-order valence-corrected chi connectivity index (χ2v) is 2.86. The number of rotatable bonds is 4. The van der Waals surface area contributed by atoms with Gasteiger partial charge in [0.15, 0.2) is 18.4 Å². The van der Waals surface area contributed by atoms with E-state index in [0.29, 0.717) is 6.54 Å². The van der Waals surface area contributed by atoms with Crippen LogP contribution in [0.4, 0.5) is 0 Å². The van der Waals surface area contributed by atoms with Crippen LogP contribution >= 0.6 is 0 Å². The average Bonchev–Trinajstić information content (AvgIpc) is 2.09. The number of aliphatic hydroxyl groups is 1. The molecule has 0 aliphatic heterocycles. The molecule has 0 amide bonds. The number of aromatic nitrogens is 1. The summed E-state index contributed by atoms with van der Waals surface area (Å²) in [6.45, 7) is 3.08. The first kappa shape index (κ1) is 9.20. The molecule has 0 fully saturated rings. The summed E-state index contributed by atoms with van der Waals surface area (Å²) in [6, 6.07) is 6.15. The van der Waals surface area contributed by atoms with Gasteiger partial charge in [0.1, 0.15) is 6.61 Å². The summed E-state index contributed by atoms with van der Waals surface area (Å²) in [5.74, 6) is 0. The molecule has 0 saturated carbocycles. The van der Waals surface area contributed by atoms with Crippen molar-refractivity contribution in [1.29, 1.82) is 0 Å². The third kappa shape index (κ3) is 2.31. The minimum absolute atomic E-state index is 0.214. The van der Waals surface area contributed by atoms with Crippen molar-refractivity contribution in [2.24, 2.45) is 0 Å². The maximum absolute atomic E-state index is 8.79. The van der Waals surface area contributed by atoms with Gasteiger partial charge >= 0.3 is 0 Å². The molecular weight excluding hydrogens is 150 g/mol. The van der Waals surface area contributed by atoms with E-state index in [4.69, 9.17) is 5.11 Å². The molecule has 0 spiro atoms. The van der Waals surface area contributed by atoms with Crippen LogP contribution in [0.1, 0.15) is 19.0 Å². The molecule has 2 nitrogen and oxygen atoms in total. The lowest BCUT2D eigenvalue weighted by Gasteiger charge is -1.99. The van der Waals surface area contributed by atoms with Gasteiger partial charge < -0.3 is 5.11 Å². The highest BCUT2D eigenvalue weighted by Gasteiger charge is 2.05. The Balaban J connectivity index is 2.77. The van der Waals surface area contributed by atoms with Crippen LogP contribution in [0, 0.1) is 0 Å². The number of hydrogen-bond acceptors (Lipinski definition) is 1. The van der Waals surface area contributed by atoms with Crippen molar-refractivity contribution in [1.82, 2.24) is 0 Å². The van der Waals surface area contributed by atoms with Gasteiger partial charge in [0.05, 0.1) is 0 Å². The molecule has 0 bridgehead atoms. The SMILES string of the molecule is CCCc1cccc[n+]1CCO. The largest absolute Gasteiger partial charge is 0.390 e. The fourth-order valence-corrected chi connectivity index (χ4v) is 1.32. The van der Waals surface area contributed by atoms with Crippen molar-refractivity contribution >= 4 is 0 Å². The van der Waals surface area contributed by atoms with Crippen molar-refractivity contribution in [3.05, 3.63) is 30.1 Å². The highest BCUT2D eigenvalue weighted by molar-refractivity contribution is 4.96. The zero-order chi connectivity index (χ0) is 8.81. The number of pyridine rings is 1. The molecule has 2 heteroatoms. The number of aliphatic hydroxyl groups excluding tert-OH is 1. The summed E-state index contributed by atoms with van der Waals surface area (Å²) in [4.78, 5) is 0. The molecule has 1 rings (SSSR count). The molecule has 1 aromatic heterocycles. The van der Waals surface area contributed by atoms with Crippen LogP contribution in [0.25, 0.3) is 0 Å². The zero-order valence-corrected chi connectivity index (χ0v) is 7.53. The van der Waals surface area contributed by atoms with Gasteiger partial charge in [0.2, 0.25) is 0 Å². The van der Waals surface area contributed by atoms with Gasteiger partial charge in [-0.2, -0.15) is 0 Å². The van der Waals surface area contributed by atoms with Gasteiger partial charge in [-0.25, -0.2) is 4.57 Å². The number of aryl methyl sites for hydroxylation is 1. The Morgan fingerprint density at radius 2 is 2.25 bits per heavy atom. The van der Waals surface area contributed by atoms with E-state index >= 15 is 0 Å². The first-order valence-electron chi connectivity index (χ1n) is 4.46. The van der Waals surface area contributed by atoms with E-state index in [2.05, 4.69) is 17.6 Å². The Morgan fingerprint density at radius 3 is 2.92 bits per heavy atom. The van der Waals surface area contributed by atoms with E-state index in [1.54, 1.807) is 0 Å². The van der Waals surface area contributed by atoms with E-state index in [-0.39, 0.29) is 6.61 Å². The van der Waals surface area contributed by atoms with Crippen LogP contribution in [-0.2, 0) is 13.0 Å². The lowest BCUT2D eigenvalue weighted by molar-refractivity contribution is -0.705. The molecule has 0 radical (unpaired) electrons. The van der Waals surface area contributed by atoms with E-state index in [1.165, 1.54) is 5.69 Å². The summed E-state index contributed by atoms with van der Waals surface area (Å²) < 4.78 is 2.10. The molecule has 0 atom stereocenters. The summed E-state index contributed by atoms with van der Waals surface area (Å²) >= 11 is 0. The molecule has 0 saturated heterocycles. The van der Waals surface area contributed by atoms with Crippen molar-refractivity contribution in [3.63, 3.8) is 0 Å². The number of hydrogen-bond donors (Lipinski definition) is 1. The maximum atomic E-state index is 8.79. The molecule has 0 unspecified atom stereocenters. The van der Waals surface area contributed by atoms with Crippen LogP contribution in [0.3, 0.4) is 0 Å². The Hall–Kier alpha value is -0.890. The Bertz CT molecular complexity index is 210. The third-order valence-electron chi connectivity index (χ3n) is 1.88. The Morgan fingerprint density at radius 1 is 1.42 bits per heavy atom. The Kier molecular flexibility index (Phi) is 3.74. The van der Waals surface area contributed by atoms with Crippen LogP contribution in [0.15, 0.2) is 24.4 Å². The van der Waals surface area contributed by atoms with Gasteiger partial charge in [-0.05, 0) is 6.42 Å². The molecular formula is C10H16NO+. The maximum Gasteiger partial charge on any atom is 0.181 e. The molecule has 1 N–H and O–H groups in total. The monoisotopic (exact) mass is 166 g/mol. The van der Waals surface area contributed by atoms with Gasteiger partial charge in [0, 0.05) is 18.6 Å². The first-order valence-corrected chi connectivity index (χ1v) is 4.46. The summed E-state index contributed by atoms with van der Waals surface area (Å²) in [7, 11) is 0. The lowest BCUT2D eigenvalue weighted by Crippen LogP contribution is -2.39. The van der Waals surface area contributed by atoms with Crippen LogP contribution in [-0.4, -0.2) is 11.7 Å². The van der Waals surface area contributed by atoms with Gasteiger partial charge in [-0.15, -0.1) is 0 Å². The lowest BCUT2D eigenvalue weighted by atomic mass is 10.2. The van der Waals surface area contributed by atoms with Gasteiger partial charge in [-0.1, -0.05) is 13.0 Å². The summed E-state index contributed by atoms with van der Waals surface area (Å²) in [5, 5.41) is 8.79. The highest BCUT2D eigenvalue weighted by Crippen LogP contribution is 1.95. The van der Waals surface area contributed by atoms with Gasteiger partial charge in [0.25, 0.3) is 0 Å². The molecule has 0 aromatic carbocycles. The standard InChI is InChI=1S/C10H16NO/c1-2-5-10-6-3-4-7-11(10)8-9-12/h3-4,6-7,12H,2,5,8-9H2,1H3/q+1. The topological polar surface area (TPSA) is 24.1 Å². The minimum atomic E-state index is 0.214. The molecule has 66 valence electrons. The number of nitrogens with zero attached hydrogens (tertiary/aromatic N) is 1. The summed E-state index contributed by atoms with van der Waals surface area (Å²) in [5.41, 5.74) is 1.30. The highest BCUT2D eigenvalue weighted by atomic mass is 16.3. The van der Waals surface area contributed by atoms with Crippen LogP contribution in [0.5, 0.6) is 0 Å². The second kappa shape index (κ2) is 4.88. The molecule has 0 aliphatic carbocycles. The zero-order valence-electron chi connectivity index (χ0n) is 7.53. The fraction of sp³-hybridized carbons (Fsp3) is 0.500. The third-order valence-corrected chi connectivity index (χ3v) is 1.88. The smallest absolute Gasteiger partial charge is 0.181 e. The van der Waals surface area contributed by atoms with Crippen molar-refractivity contribution in [3.8, 4) is 0 Å². The van der Waals surface area contributed by atoms with E-state index < -0.39 is 0 Å². The first-order chi connectivity index (χ1) is 5.88. The van der Waals surface area contributed by atoms with E-state index in [1.807, 2.05) is 18.3 Å². The van der Waals surface area contributed by atoms with Gasteiger partial charge in [-0.3, -0.25) is 0 Å². The van der Waals surface area contributed by atoms with Crippen LogP contribution in [0.2, 0.25) is 0 Å². The molecule has 12 heavy (non-hydrogen) atoms. The van der Waals surface area contributed by atoms with E-state index in [0.717, 1.165) is 12.8 Å². The van der Waals surface area contributed by atoms with E-state index in [9.17, 15) is 0 Å². The minimum Gasteiger partial charge on any atom is -0.390 e. The normalized spacial score (nSPS) is 10.2. The predicted octanol–water partition coefficient (Wildman–Crippen LogP) is 0.919. The fourth-order valence-electron chi connectivity index (χ4n) is 1.32. The molecule has 1 heterocycles. The van der Waals surface area contributed by atoms with Crippen molar-refractivity contribution in [2.75, 3.05) is 6.61 Å².